The second-order valence-electron chi connectivity index (χ2n) is 4.96. The lowest BCUT2D eigenvalue weighted by molar-refractivity contribution is 0.252. The van der Waals surface area contributed by atoms with Gasteiger partial charge in [-0.15, -0.1) is 0 Å². The van der Waals surface area contributed by atoms with Crippen LogP contribution in [-0.2, 0) is 5.54 Å². The van der Waals surface area contributed by atoms with E-state index in [-0.39, 0.29) is 6.61 Å². The number of aryl methyl sites for hydroxylation is 2. The third-order valence-electron chi connectivity index (χ3n) is 3.34. The maximum atomic E-state index is 9.40. The van der Waals surface area contributed by atoms with Crippen molar-refractivity contribution in [3.63, 3.8) is 0 Å². The van der Waals surface area contributed by atoms with Crippen molar-refractivity contribution in [1.82, 2.24) is 0 Å². The van der Waals surface area contributed by atoms with Crippen LogP contribution in [0.15, 0.2) is 48.5 Å². The van der Waals surface area contributed by atoms with E-state index in [1.807, 2.05) is 62.4 Å². The highest BCUT2D eigenvalue weighted by atomic mass is 16.5. The number of nitriles is 1. The number of para-hydroxylation sites is 1. The summed E-state index contributed by atoms with van der Waals surface area (Å²) in [7, 11) is 0. The first kappa shape index (κ1) is 14.1. The molecule has 0 aliphatic carbocycles. The number of rotatable bonds is 4. The zero-order valence-electron chi connectivity index (χ0n) is 11.8. The fraction of sp³-hybridized carbons (Fsp3) is 0.235. The van der Waals surface area contributed by atoms with Crippen LogP contribution < -0.4 is 10.5 Å². The average molecular weight is 266 g/mol. The molecule has 3 heteroatoms. The van der Waals surface area contributed by atoms with Gasteiger partial charge in [0.2, 0.25) is 0 Å². The van der Waals surface area contributed by atoms with Crippen LogP contribution in [0.5, 0.6) is 5.75 Å². The molecule has 0 saturated carbocycles. The van der Waals surface area contributed by atoms with Crippen LogP contribution in [0, 0.1) is 25.2 Å². The predicted molar refractivity (Wildman–Crippen MR) is 79.3 cm³/mol. The quantitative estimate of drug-likeness (QED) is 0.925. The van der Waals surface area contributed by atoms with Gasteiger partial charge >= 0.3 is 0 Å². The largest absolute Gasteiger partial charge is 0.490 e. The Labute approximate surface area is 119 Å². The molecule has 1 atom stereocenters. The molecule has 0 aromatic heterocycles. The van der Waals surface area contributed by atoms with Crippen molar-refractivity contribution in [3.8, 4) is 11.8 Å². The summed E-state index contributed by atoms with van der Waals surface area (Å²) in [6.45, 7) is 4.09. The third-order valence-corrected chi connectivity index (χ3v) is 3.34. The molecule has 2 N–H and O–H groups in total. The van der Waals surface area contributed by atoms with E-state index in [0.717, 1.165) is 22.4 Å². The molecule has 2 aromatic carbocycles. The smallest absolute Gasteiger partial charge is 0.164 e. The normalized spacial score (nSPS) is 13.3. The van der Waals surface area contributed by atoms with Crippen LogP contribution in [-0.4, -0.2) is 6.61 Å². The number of nitrogens with zero attached hydrogens (tertiary/aromatic N) is 1. The van der Waals surface area contributed by atoms with Crippen molar-refractivity contribution in [2.45, 2.75) is 19.4 Å². The van der Waals surface area contributed by atoms with Gasteiger partial charge in [-0.1, -0.05) is 48.5 Å². The molecule has 0 heterocycles. The van der Waals surface area contributed by atoms with Crippen molar-refractivity contribution >= 4 is 0 Å². The second kappa shape index (κ2) is 5.77. The van der Waals surface area contributed by atoms with Crippen molar-refractivity contribution in [2.75, 3.05) is 6.61 Å². The summed E-state index contributed by atoms with van der Waals surface area (Å²) in [4.78, 5) is 0. The fourth-order valence-corrected chi connectivity index (χ4v) is 2.13. The van der Waals surface area contributed by atoms with Crippen molar-refractivity contribution in [3.05, 3.63) is 65.2 Å². The molecular formula is C17H18N2O. The zero-order chi connectivity index (χ0) is 14.6. The number of benzene rings is 2. The summed E-state index contributed by atoms with van der Waals surface area (Å²) in [5, 5.41) is 9.40. The molecule has 0 bridgehead atoms. The van der Waals surface area contributed by atoms with Crippen molar-refractivity contribution in [2.24, 2.45) is 5.73 Å². The topological polar surface area (TPSA) is 59.0 Å². The Morgan fingerprint density at radius 1 is 1.05 bits per heavy atom. The van der Waals surface area contributed by atoms with Crippen LogP contribution in [0.1, 0.15) is 16.7 Å². The standard InChI is InChI=1S/C17H18N2O/c1-13-7-6-8-14(2)16(13)20-12-17(19,11-18)15-9-4-3-5-10-15/h3-10H,12,19H2,1-2H3. The lowest BCUT2D eigenvalue weighted by atomic mass is 9.93. The van der Waals surface area contributed by atoms with E-state index in [1.54, 1.807) is 0 Å². The molecule has 2 rings (SSSR count). The van der Waals surface area contributed by atoms with E-state index in [2.05, 4.69) is 6.07 Å². The molecule has 0 aliphatic rings. The summed E-state index contributed by atoms with van der Waals surface area (Å²) in [6, 6.07) is 17.4. The van der Waals surface area contributed by atoms with E-state index >= 15 is 0 Å². The van der Waals surface area contributed by atoms with Crippen molar-refractivity contribution < 1.29 is 4.74 Å². The minimum absolute atomic E-state index is 0.124. The van der Waals surface area contributed by atoms with E-state index in [0.29, 0.717) is 0 Å². The summed E-state index contributed by atoms with van der Waals surface area (Å²) < 4.78 is 5.83. The monoisotopic (exact) mass is 266 g/mol. The SMILES string of the molecule is Cc1cccc(C)c1OCC(N)(C#N)c1ccccc1. The highest BCUT2D eigenvalue weighted by Gasteiger charge is 2.28. The summed E-state index contributed by atoms with van der Waals surface area (Å²) >= 11 is 0. The molecule has 1 unspecified atom stereocenters. The van der Waals surface area contributed by atoms with Gasteiger partial charge in [0.25, 0.3) is 0 Å². The van der Waals surface area contributed by atoms with Crippen LogP contribution in [0.2, 0.25) is 0 Å². The van der Waals surface area contributed by atoms with E-state index < -0.39 is 5.54 Å². The zero-order valence-corrected chi connectivity index (χ0v) is 11.8. The van der Waals surface area contributed by atoms with Crippen LogP contribution in [0.3, 0.4) is 0 Å². The molecule has 20 heavy (non-hydrogen) atoms. The maximum Gasteiger partial charge on any atom is 0.164 e. The minimum Gasteiger partial charge on any atom is -0.490 e. The van der Waals surface area contributed by atoms with Gasteiger partial charge < -0.3 is 10.5 Å². The van der Waals surface area contributed by atoms with Crippen molar-refractivity contribution in [1.29, 1.82) is 5.26 Å². The number of hydrogen-bond donors (Lipinski definition) is 1. The number of hydrogen-bond acceptors (Lipinski definition) is 3. The predicted octanol–water partition coefficient (Wildman–Crippen LogP) is 3.06. The molecule has 2 aromatic rings. The van der Waals surface area contributed by atoms with Gasteiger partial charge in [-0.2, -0.15) is 5.26 Å². The van der Waals surface area contributed by atoms with Gasteiger partial charge in [0.1, 0.15) is 12.4 Å². The number of ether oxygens (including phenoxy) is 1. The van der Waals surface area contributed by atoms with Gasteiger partial charge in [-0.05, 0) is 30.5 Å². The van der Waals surface area contributed by atoms with Crippen LogP contribution in [0.4, 0.5) is 0 Å². The molecule has 0 saturated heterocycles. The Kier molecular flexibility index (Phi) is 4.07. The Bertz CT molecular complexity index is 611. The summed E-state index contributed by atoms with van der Waals surface area (Å²) in [6.07, 6.45) is 0. The van der Waals surface area contributed by atoms with Gasteiger partial charge in [0.15, 0.2) is 5.54 Å². The Balaban J connectivity index is 2.23. The van der Waals surface area contributed by atoms with E-state index in [9.17, 15) is 5.26 Å². The average Bonchev–Trinajstić information content (AvgIpc) is 2.47. The minimum atomic E-state index is -1.14. The maximum absolute atomic E-state index is 9.40. The molecule has 0 spiro atoms. The van der Waals surface area contributed by atoms with E-state index in [1.165, 1.54) is 0 Å². The number of nitrogens with two attached hydrogens (primary N) is 1. The lowest BCUT2D eigenvalue weighted by Gasteiger charge is -2.23. The molecule has 102 valence electrons. The second-order valence-corrected chi connectivity index (χ2v) is 4.96. The lowest BCUT2D eigenvalue weighted by Crippen LogP contribution is -2.41. The van der Waals surface area contributed by atoms with Gasteiger partial charge in [-0.25, -0.2) is 0 Å². The molecular weight excluding hydrogens is 248 g/mol. The first-order valence-corrected chi connectivity index (χ1v) is 6.51. The molecule has 0 aliphatic heterocycles. The van der Waals surface area contributed by atoms with Gasteiger partial charge in [-0.3, -0.25) is 0 Å². The molecule has 0 radical (unpaired) electrons. The van der Waals surface area contributed by atoms with Gasteiger partial charge in [0, 0.05) is 0 Å². The fourth-order valence-electron chi connectivity index (χ4n) is 2.13. The first-order valence-electron chi connectivity index (χ1n) is 6.51. The summed E-state index contributed by atoms with van der Waals surface area (Å²) in [5.41, 5.74) is 7.88. The van der Waals surface area contributed by atoms with E-state index in [4.69, 9.17) is 10.5 Å². The van der Waals surface area contributed by atoms with Crippen LogP contribution in [0.25, 0.3) is 0 Å². The molecule has 0 fully saturated rings. The first-order chi connectivity index (χ1) is 9.57. The molecule has 3 nitrogen and oxygen atoms in total. The van der Waals surface area contributed by atoms with Crippen LogP contribution >= 0.6 is 0 Å². The third kappa shape index (κ3) is 2.81. The van der Waals surface area contributed by atoms with Gasteiger partial charge in [0.05, 0.1) is 6.07 Å². The highest BCUT2D eigenvalue weighted by Crippen LogP contribution is 2.25. The highest BCUT2D eigenvalue weighted by molar-refractivity contribution is 5.40. The Hall–Kier alpha value is -2.31. The summed E-state index contributed by atoms with van der Waals surface area (Å²) in [5.74, 6) is 0.800. The Morgan fingerprint density at radius 3 is 2.20 bits per heavy atom. The Morgan fingerprint density at radius 2 is 1.65 bits per heavy atom. The molecule has 0 amide bonds.